The molecule has 0 aromatic carbocycles. The summed E-state index contributed by atoms with van der Waals surface area (Å²) in [5.74, 6) is 0.598. The second kappa shape index (κ2) is 8.24. The van der Waals surface area contributed by atoms with E-state index in [2.05, 4.69) is 35.7 Å². The van der Waals surface area contributed by atoms with E-state index in [9.17, 15) is 4.79 Å². The Morgan fingerprint density at radius 1 is 1.32 bits per heavy atom. The van der Waals surface area contributed by atoms with E-state index in [1.165, 1.54) is 6.20 Å². The van der Waals surface area contributed by atoms with Crippen molar-refractivity contribution in [2.45, 2.75) is 26.7 Å². The molecule has 1 aromatic rings. The molecule has 0 spiro atoms. The Labute approximate surface area is 114 Å². The van der Waals surface area contributed by atoms with Crippen molar-refractivity contribution in [3.63, 3.8) is 0 Å². The zero-order valence-electron chi connectivity index (χ0n) is 11.7. The van der Waals surface area contributed by atoms with E-state index in [0.29, 0.717) is 18.1 Å². The number of rotatable bonds is 8. The molecule has 0 unspecified atom stereocenters. The van der Waals surface area contributed by atoms with Gasteiger partial charge in [-0.15, -0.1) is 6.58 Å². The first kappa shape index (κ1) is 15.1. The minimum atomic E-state index is -0.0496. The standard InChI is InChI=1S/C14H22N4O/c1-4-7-15-13-11-16-12(10-17-13)14(19)18(8-5-2)9-6-3/h4,10-11H,1,5-9H2,2-3H3,(H,15,17). The average Bonchev–Trinajstić information content (AvgIpc) is 2.44. The first-order valence-corrected chi connectivity index (χ1v) is 6.69. The Hall–Kier alpha value is -1.91. The van der Waals surface area contributed by atoms with Crippen LogP contribution >= 0.6 is 0 Å². The van der Waals surface area contributed by atoms with Crippen molar-refractivity contribution in [1.82, 2.24) is 14.9 Å². The summed E-state index contributed by atoms with van der Waals surface area (Å²) in [5, 5.41) is 3.02. The predicted molar refractivity (Wildman–Crippen MR) is 77.2 cm³/mol. The van der Waals surface area contributed by atoms with E-state index in [1.54, 1.807) is 12.3 Å². The highest BCUT2D eigenvalue weighted by atomic mass is 16.2. The van der Waals surface area contributed by atoms with Gasteiger partial charge in [-0.25, -0.2) is 9.97 Å². The summed E-state index contributed by atoms with van der Waals surface area (Å²) in [4.78, 5) is 22.4. The van der Waals surface area contributed by atoms with E-state index < -0.39 is 0 Å². The van der Waals surface area contributed by atoms with Crippen LogP contribution in [0.4, 0.5) is 5.82 Å². The van der Waals surface area contributed by atoms with Gasteiger partial charge in [-0.05, 0) is 12.8 Å². The van der Waals surface area contributed by atoms with Crippen molar-refractivity contribution in [3.8, 4) is 0 Å². The van der Waals surface area contributed by atoms with Crippen LogP contribution in [0.2, 0.25) is 0 Å². The number of anilines is 1. The molecule has 5 nitrogen and oxygen atoms in total. The zero-order chi connectivity index (χ0) is 14.1. The molecule has 1 aromatic heterocycles. The normalized spacial score (nSPS) is 10.0. The van der Waals surface area contributed by atoms with Gasteiger partial charge < -0.3 is 10.2 Å². The van der Waals surface area contributed by atoms with Crippen LogP contribution in [0.25, 0.3) is 0 Å². The third-order valence-corrected chi connectivity index (χ3v) is 2.57. The second-order valence-electron chi connectivity index (χ2n) is 4.25. The summed E-state index contributed by atoms with van der Waals surface area (Å²) in [6.45, 7) is 9.87. The Balaban J connectivity index is 2.72. The summed E-state index contributed by atoms with van der Waals surface area (Å²) in [6, 6.07) is 0. The fourth-order valence-electron chi connectivity index (χ4n) is 1.72. The van der Waals surface area contributed by atoms with Gasteiger partial charge in [-0.2, -0.15) is 0 Å². The number of hydrogen-bond acceptors (Lipinski definition) is 4. The molecule has 0 aliphatic carbocycles. The van der Waals surface area contributed by atoms with Crippen LogP contribution in [0, 0.1) is 0 Å². The summed E-state index contributed by atoms with van der Waals surface area (Å²) >= 11 is 0. The van der Waals surface area contributed by atoms with Crippen LogP contribution in [0.15, 0.2) is 25.0 Å². The first-order valence-electron chi connectivity index (χ1n) is 6.69. The highest BCUT2D eigenvalue weighted by molar-refractivity contribution is 5.92. The molecule has 0 fully saturated rings. The minimum absolute atomic E-state index is 0.0496. The smallest absolute Gasteiger partial charge is 0.274 e. The molecule has 1 rings (SSSR count). The lowest BCUT2D eigenvalue weighted by Gasteiger charge is -2.20. The second-order valence-corrected chi connectivity index (χ2v) is 4.25. The minimum Gasteiger partial charge on any atom is -0.365 e. The number of amides is 1. The van der Waals surface area contributed by atoms with Crippen molar-refractivity contribution < 1.29 is 4.79 Å². The Morgan fingerprint density at radius 2 is 2.00 bits per heavy atom. The number of nitrogens with one attached hydrogen (secondary N) is 1. The molecule has 1 heterocycles. The Morgan fingerprint density at radius 3 is 2.47 bits per heavy atom. The van der Waals surface area contributed by atoms with Gasteiger partial charge in [0, 0.05) is 19.6 Å². The average molecular weight is 262 g/mol. The zero-order valence-corrected chi connectivity index (χ0v) is 11.7. The molecule has 0 saturated heterocycles. The molecule has 19 heavy (non-hydrogen) atoms. The van der Waals surface area contributed by atoms with Crippen LogP contribution in [-0.4, -0.2) is 40.4 Å². The molecule has 0 aliphatic rings. The lowest BCUT2D eigenvalue weighted by atomic mass is 10.3. The van der Waals surface area contributed by atoms with Gasteiger partial charge in [-0.3, -0.25) is 4.79 Å². The lowest BCUT2D eigenvalue weighted by Crippen LogP contribution is -2.33. The van der Waals surface area contributed by atoms with Crippen molar-refractivity contribution in [2.75, 3.05) is 25.0 Å². The van der Waals surface area contributed by atoms with Gasteiger partial charge in [0.2, 0.25) is 0 Å². The summed E-state index contributed by atoms with van der Waals surface area (Å²) in [5.41, 5.74) is 0.394. The predicted octanol–water partition coefficient (Wildman–Crippen LogP) is 2.34. The maximum atomic E-state index is 12.2. The van der Waals surface area contributed by atoms with Crippen LogP contribution < -0.4 is 5.32 Å². The third kappa shape index (κ3) is 4.69. The molecule has 0 atom stereocenters. The van der Waals surface area contributed by atoms with Gasteiger partial charge >= 0.3 is 0 Å². The van der Waals surface area contributed by atoms with Crippen LogP contribution in [0.1, 0.15) is 37.2 Å². The molecular formula is C14H22N4O. The van der Waals surface area contributed by atoms with E-state index in [4.69, 9.17) is 0 Å². The summed E-state index contributed by atoms with van der Waals surface area (Å²) < 4.78 is 0. The molecule has 0 saturated carbocycles. The molecule has 5 heteroatoms. The Kier molecular flexibility index (Phi) is 6.57. The van der Waals surface area contributed by atoms with Gasteiger partial charge in [0.15, 0.2) is 0 Å². The number of carbonyl (C=O) groups is 1. The molecule has 1 amide bonds. The highest BCUT2D eigenvalue weighted by Gasteiger charge is 2.15. The van der Waals surface area contributed by atoms with Gasteiger partial charge in [0.1, 0.15) is 11.5 Å². The highest BCUT2D eigenvalue weighted by Crippen LogP contribution is 2.06. The van der Waals surface area contributed by atoms with Crippen molar-refractivity contribution in [2.24, 2.45) is 0 Å². The lowest BCUT2D eigenvalue weighted by molar-refractivity contribution is 0.0749. The quantitative estimate of drug-likeness (QED) is 0.731. The largest absolute Gasteiger partial charge is 0.365 e. The first-order chi connectivity index (χ1) is 9.22. The van der Waals surface area contributed by atoms with Crippen LogP contribution in [-0.2, 0) is 0 Å². The number of nitrogens with zero attached hydrogens (tertiary/aromatic N) is 3. The molecule has 104 valence electrons. The van der Waals surface area contributed by atoms with E-state index >= 15 is 0 Å². The maximum absolute atomic E-state index is 12.2. The van der Waals surface area contributed by atoms with E-state index in [1.807, 2.05) is 4.90 Å². The maximum Gasteiger partial charge on any atom is 0.274 e. The topological polar surface area (TPSA) is 58.1 Å². The Bertz CT molecular complexity index is 396. The number of aromatic nitrogens is 2. The molecular weight excluding hydrogens is 240 g/mol. The number of hydrogen-bond donors (Lipinski definition) is 1. The summed E-state index contributed by atoms with van der Waals surface area (Å²) in [6.07, 6.45) is 6.72. The van der Waals surface area contributed by atoms with Crippen molar-refractivity contribution in [1.29, 1.82) is 0 Å². The third-order valence-electron chi connectivity index (χ3n) is 2.57. The fraction of sp³-hybridized carbons (Fsp3) is 0.500. The molecule has 0 bridgehead atoms. The molecule has 1 N–H and O–H groups in total. The SMILES string of the molecule is C=CCNc1cnc(C(=O)N(CCC)CCC)cn1. The van der Waals surface area contributed by atoms with Crippen molar-refractivity contribution in [3.05, 3.63) is 30.7 Å². The molecule has 0 aliphatic heterocycles. The van der Waals surface area contributed by atoms with E-state index in [0.717, 1.165) is 25.9 Å². The van der Waals surface area contributed by atoms with Crippen LogP contribution in [0.3, 0.4) is 0 Å². The fourth-order valence-corrected chi connectivity index (χ4v) is 1.72. The molecule has 0 radical (unpaired) electrons. The monoisotopic (exact) mass is 262 g/mol. The van der Waals surface area contributed by atoms with E-state index in [-0.39, 0.29) is 5.91 Å². The van der Waals surface area contributed by atoms with Gasteiger partial charge in [0.05, 0.1) is 12.4 Å². The van der Waals surface area contributed by atoms with Crippen LogP contribution in [0.5, 0.6) is 0 Å². The van der Waals surface area contributed by atoms with Gasteiger partial charge in [0.25, 0.3) is 5.91 Å². The summed E-state index contributed by atoms with van der Waals surface area (Å²) in [7, 11) is 0. The van der Waals surface area contributed by atoms with Gasteiger partial charge in [-0.1, -0.05) is 19.9 Å². The number of carbonyl (C=O) groups excluding carboxylic acids is 1. The van der Waals surface area contributed by atoms with Crippen molar-refractivity contribution >= 4 is 11.7 Å².